The van der Waals surface area contributed by atoms with Crippen molar-refractivity contribution in [1.29, 1.82) is 0 Å². The number of rotatable bonds is 5. The molecule has 2 aromatic rings. The number of carbonyl (C=O) groups excluding carboxylic acids is 1. The summed E-state index contributed by atoms with van der Waals surface area (Å²) in [6.45, 7) is 0. The van der Waals surface area contributed by atoms with Crippen LogP contribution in [0.3, 0.4) is 0 Å². The van der Waals surface area contributed by atoms with E-state index in [0.29, 0.717) is 11.1 Å². The van der Waals surface area contributed by atoms with Crippen LogP contribution in [0.5, 0.6) is 0 Å². The zero-order valence-electron chi connectivity index (χ0n) is 9.72. The second-order valence-electron chi connectivity index (χ2n) is 3.62. The molecule has 96 valence electrons. The summed E-state index contributed by atoms with van der Waals surface area (Å²) in [6.07, 6.45) is 2.58. The fourth-order valence-electron chi connectivity index (χ4n) is 1.36. The summed E-state index contributed by atoms with van der Waals surface area (Å²) in [4.78, 5) is 29.4. The van der Waals surface area contributed by atoms with Crippen LogP contribution in [0.15, 0.2) is 42.7 Å². The molecule has 7 heteroatoms. The van der Waals surface area contributed by atoms with E-state index < -0.39 is 19.9 Å². The molecule has 0 spiro atoms. The summed E-state index contributed by atoms with van der Waals surface area (Å²) in [7, 11) is 0. The van der Waals surface area contributed by atoms with Crippen molar-refractivity contribution in [3.8, 4) is 0 Å². The normalized spacial score (nSPS) is 10.1. The second kappa shape index (κ2) is 6.17. The fourth-order valence-corrected chi connectivity index (χ4v) is 2.73. The molecule has 0 saturated heterocycles. The van der Waals surface area contributed by atoms with Gasteiger partial charge in [0.15, 0.2) is 0 Å². The predicted molar refractivity (Wildman–Crippen MR) is 69.2 cm³/mol. The Kier molecular flexibility index (Phi) is 4.33. The first-order chi connectivity index (χ1) is 9.15. The Balaban J connectivity index is 1.97. The monoisotopic (exact) mass is 323 g/mol. The third-order valence-corrected chi connectivity index (χ3v) is 3.83. The van der Waals surface area contributed by atoms with Gasteiger partial charge in [0.1, 0.15) is 0 Å². The van der Waals surface area contributed by atoms with Crippen molar-refractivity contribution >= 4 is 30.0 Å². The Labute approximate surface area is 115 Å². The summed E-state index contributed by atoms with van der Waals surface area (Å²) in [5, 5.41) is 10.4. The molecule has 1 aromatic carbocycles. The molecule has 0 amide bonds. The molecular formula is C12H9N3O3Se. The van der Waals surface area contributed by atoms with Gasteiger partial charge in [-0.15, -0.1) is 0 Å². The van der Waals surface area contributed by atoms with Crippen LogP contribution in [-0.2, 0) is 11.2 Å². The maximum absolute atomic E-state index is 11.8. The van der Waals surface area contributed by atoms with Crippen molar-refractivity contribution in [2.75, 3.05) is 0 Å². The van der Waals surface area contributed by atoms with E-state index in [1.54, 1.807) is 0 Å². The number of hydrogen-bond donors (Lipinski definition) is 0. The van der Waals surface area contributed by atoms with E-state index in [2.05, 4.69) is 9.97 Å². The third kappa shape index (κ3) is 3.94. The molecule has 0 saturated carbocycles. The minimum absolute atomic E-state index is 0.0348. The molecule has 0 radical (unpaired) electrons. The summed E-state index contributed by atoms with van der Waals surface area (Å²) in [5.41, 5.74) is 0.770. The number of hydrogen-bond acceptors (Lipinski definition) is 5. The standard InChI is InChI=1S/C12H9N3O3Se/c16-11(6-9-4-2-1-3-5-9)19-12-13-7-10(8-14-12)15(17)18/h1-5,7-8H,6H2. The van der Waals surface area contributed by atoms with E-state index in [0.717, 1.165) is 18.0 Å². The second-order valence-corrected chi connectivity index (χ2v) is 5.77. The molecule has 1 aromatic heterocycles. The number of benzene rings is 1. The molecule has 2 rings (SSSR count). The Morgan fingerprint density at radius 2 is 1.84 bits per heavy atom. The van der Waals surface area contributed by atoms with Gasteiger partial charge in [-0.3, -0.25) is 0 Å². The summed E-state index contributed by atoms with van der Waals surface area (Å²) in [5.74, 6) is 0. The average molecular weight is 322 g/mol. The van der Waals surface area contributed by atoms with Gasteiger partial charge in [0, 0.05) is 0 Å². The molecule has 0 aliphatic heterocycles. The van der Waals surface area contributed by atoms with Gasteiger partial charge in [0.2, 0.25) is 0 Å². The van der Waals surface area contributed by atoms with E-state index >= 15 is 0 Å². The van der Waals surface area contributed by atoms with E-state index in [1.165, 1.54) is 0 Å². The molecule has 0 aliphatic carbocycles. The zero-order valence-corrected chi connectivity index (χ0v) is 11.4. The molecule has 0 unspecified atom stereocenters. The van der Waals surface area contributed by atoms with Gasteiger partial charge in [-0.05, 0) is 0 Å². The Bertz CT molecular complexity index is 587. The maximum atomic E-state index is 11.8. The van der Waals surface area contributed by atoms with Gasteiger partial charge < -0.3 is 0 Å². The van der Waals surface area contributed by atoms with Gasteiger partial charge in [0.25, 0.3) is 0 Å². The molecule has 19 heavy (non-hydrogen) atoms. The topological polar surface area (TPSA) is 86.0 Å². The molecule has 0 bridgehead atoms. The Hall–Kier alpha value is -2.11. The van der Waals surface area contributed by atoms with Gasteiger partial charge >= 0.3 is 115 Å². The number of aromatic nitrogens is 2. The van der Waals surface area contributed by atoms with Gasteiger partial charge in [-0.25, -0.2) is 0 Å². The average Bonchev–Trinajstić information content (AvgIpc) is 2.40. The minimum atomic E-state index is -0.567. The van der Waals surface area contributed by atoms with Gasteiger partial charge in [0.05, 0.1) is 0 Å². The van der Waals surface area contributed by atoms with E-state index in [9.17, 15) is 14.9 Å². The first-order valence-electron chi connectivity index (χ1n) is 5.36. The quantitative estimate of drug-likeness (QED) is 0.454. The first-order valence-corrected chi connectivity index (χ1v) is 7.07. The Morgan fingerprint density at radius 1 is 1.21 bits per heavy atom. The molecule has 0 atom stereocenters. The third-order valence-electron chi connectivity index (χ3n) is 2.22. The van der Waals surface area contributed by atoms with Crippen molar-refractivity contribution < 1.29 is 9.72 Å². The van der Waals surface area contributed by atoms with Crippen LogP contribution in [0.25, 0.3) is 0 Å². The van der Waals surface area contributed by atoms with Crippen molar-refractivity contribution in [1.82, 2.24) is 9.97 Å². The number of nitrogens with zero attached hydrogens (tertiary/aromatic N) is 3. The molecule has 0 fully saturated rings. The van der Waals surface area contributed by atoms with E-state index in [4.69, 9.17) is 0 Å². The molecule has 0 aliphatic rings. The van der Waals surface area contributed by atoms with E-state index in [1.807, 2.05) is 30.3 Å². The fraction of sp³-hybridized carbons (Fsp3) is 0.0833. The molecule has 0 N–H and O–H groups in total. The van der Waals surface area contributed by atoms with Gasteiger partial charge in [-0.2, -0.15) is 0 Å². The summed E-state index contributed by atoms with van der Waals surface area (Å²) >= 11 is -0.523. The summed E-state index contributed by atoms with van der Waals surface area (Å²) in [6, 6.07) is 9.39. The van der Waals surface area contributed by atoms with Crippen LogP contribution >= 0.6 is 0 Å². The van der Waals surface area contributed by atoms with Crippen LogP contribution in [-0.4, -0.2) is 34.5 Å². The van der Waals surface area contributed by atoms with Crippen LogP contribution in [0.2, 0.25) is 0 Å². The molecule has 6 nitrogen and oxygen atoms in total. The van der Waals surface area contributed by atoms with Crippen LogP contribution in [0.1, 0.15) is 5.56 Å². The van der Waals surface area contributed by atoms with E-state index in [-0.39, 0.29) is 10.4 Å². The van der Waals surface area contributed by atoms with Crippen LogP contribution in [0.4, 0.5) is 5.69 Å². The van der Waals surface area contributed by atoms with Crippen molar-refractivity contribution in [3.63, 3.8) is 0 Å². The van der Waals surface area contributed by atoms with Crippen LogP contribution < -0.4 is 4.72 Å². The Morgan fingerprint density at radius 3 is 2.42 bits per heavy atom. The van der Waals surface area contributed by atoms with Crippen molar-refractivity contribution in [2.45, 2.75) is 6.42 Å². The molecular weight excluding hydrogens is 313 g/mol. The summed E-state index contributed by atoms with van der Waals surface area (Å²) < 4.78 is 0.395. The molecule has 1 heterocycles. The number of carbonyl (C=O) groups is 1. The van der Waals surface area contributed by atoms with Crippen molar-refractivity contribution in [3.05, 3.63) is 58.4 Å². The SMILES string of the molecule is O=C(Cc1ccccc1)[Se]c1ncc([N+](=O)[O-])cn1. The predicted octanol–water partition coefficient (Wildman–Crippen LogP) is 0.484. The first kappa shape index (κ1) is 13.3. The van der Waals surface area contributed by atoms with Crippen LogP contribution in [0, 0.1) is 10.1 Å². The van der Waals surface area contributed by atoms with Crippen molar-refractivity contribution in [2.24, 2.45) is 0 Å². The number of nitro groups is 1. The van der Waals surface area contributed by atoms with Gasteiger partial charge in [-0.1, -0.05) is 0 Å². The zero-order chi connectivity index (χ0) is 13.7.